The topological polar surface area (TPSA) is 38.7 Å². The summed E-state index contributed by atoms with van der Waals surface area (Å²) in [5.41, 5.74) is 2.15. The molecule has 3 rings (SSSR count). The fourth-order valence-corrected chi connectivity index (χ4v) is 3.07. The Morgan fingerprint density at radius 1 is 1.35 bits per heavy atom. The number of methoxy groups -OCH3 is 1. The Morgan fingerprint density at radius 2 is 2.18 bits per heavy atom. The van der Waals surface area contributed by atoms with Crippen LogP contribution in [0, 0.1) is 0 Å². The van der Waals surface area contributed by atoms with Gasteiger partial charge in [0.25, 0.3) is 0 Å². The van der Waals surface area contributed by atoms with Crippen molar-refractivity contribution < 1.29 is 14.6 Å². The molecule has 0 unspecified atom stereocenters. The molecular weight excluding hydrogens is 216 g/mol. The van der Waals surface area contributed by atoms with E-state index < -0.39 is 0 Å². The number of hydrogen-bond acceptors (Lipinski definition) is 3. The van der Waals surface area contributed by atoms with Crippen molar-refractivity contribution in [1.29, 1.82) is 0 Å². The SMILES string of the molecule is COc1cc(CO)cc2c1O[C@@H]1CCCC[C@H]21. The van der Waals surface area contributed by atoms with Gasteiger partial charge in [-0.05, 0) is 37.0 Å². The zero-order chi connectivity index (χ0) is 11.8. The molecule has 0 radical (unpaired) electrons. The van der Waals surface area contributed by atoms with Crippen LogP contribution in [0.1, 0.15) is 42.7 Å². The Labute approximate surface area is 101 Å². The molecular formula is C14H18O3. The van der Waals surface area contributed by atoms with Crippen LogP contribution in [0.5, 0.6) is 11.5 Å². The molecule has 3 heteroatoms. The van der Waals surface area contributed by atoms with Gasteiger partial charge < -0.3 is 14.6 Å². The van der Waals surface area contributed by atoms with E-state index in [1.54, 1.807) is 7.11 Å². The second kappa shape index (κ2) is 4.22. The minimum Gasteiger partial charge on any atom is -0.493 e. The zero-order valence-electron chi connectivity index (χ0n) is 10.1. The number of hydrogen-bond donors (Lipinski definition) is 1. The van der Waals surface area contributed by atoms with Gasteiger partial charge in [-0.1, -0.05) is 6.42 Å². The van der Waals surface area contributed by atoms with Gasteiger partial charge in [0.05, 0.1) is 13.7 Å². The van der Waals surface area contributed by atoms with Gasteiger partial charge in [0, 0.05) is 11.5 Å². The van der Waals surface area contributed by atoms with Crippen molar-refractivity contribution >= 4 is 0 Å². The molecule has 1 saturated carbocycles. The molecule has 0 amide bonds. The lowest BCUT2D eigenvalue weighted by Crippen LogP contribution is -2.22. The van der Waals surface area contributed by atoms with Crippen LogP contribution < -0.4 is 9.47 Å². The maximum absolute atomic E-state index is 9.29. The van der Waals surface area contributed by atoms with Crippen LogP contribution in [0.2, 0.25) is 0 Å². The zero-order valence-corrected chi connectivity index (χ0v) is 10.1. The summed E-state index contributed by atoms with van der Waals surface area (Å²) in [6, 6.07) is 3.95. The highest BCUT2D eigenvalue weighted by Gasteiger charge is 2.38. The van der Waals surface area contributed by atoms with Crippen molar-refractivity contribution in [3.63, 3.8) is 0 Å². The molecule has 1 fully saturated rings. The van der Waals surface area contributed by atoms with Crippen LogP contribution in [-0.2, 0) is 6.61 Å². The number of aliphatic hydroxyl groups is 1. The molecule has 92 valence electrons. The molecule has 1 aliphatic heterocycles. The third-order valence-electron chi connectivity index (χ3n) is 3.92. The predicted molar refractivity (Wildman–Crippen MR) is 64.5 cm³/mol. The molecule has 17 heavy (non-hydrogen) atoms. The molecule has 0 bridgehead atoms. The van der Waals surface area contributed by atoms with Crippen LogP contribution in [0.15, 0.2) is 12.1 Å². The smallest absolute Gasteiger partial charge is 0.165 e. The molecule has 0 spiro atoms. The molecule has 1 aromatic rings. The number of rotatable bonds is 2. The number of benzene rings is 1. The second-order valence-corrected chi connectivity index (χ2v) is 4.92. The first-order valence-corrected chi connectivity index (χ1v) is 6.32. The third kappa shape index (κ3) is 1.69. The molecule has 1 aliphatic carbocycles. The molecule has 1 N–H and O–H groups in total. The summed E-state index contributed by atoms with van der Waals surface area (Å²) in [5.74, 6) is 2.17. The lowest BCUT2D eigenvalue weighted by molar-refractivity contribution is 0.160. The normalized spacial score (nSPS) is 26.0. The van der Waals surface area contributed by atoms with Crippen LogP contribution in [0.3, 0.4) is 0 Å². The fourth-order valence-electron chi connectivity index (χ4n) is 3.07. The van der Waals surface area contributed by atoms with Crippen LogP contribution in [-0.4, -0.2) is 18.3 Å². The summed E-state index contributed by atoms with van der Waals surface area (Å²) in [4.78, 5) is 0. The van der Waals surface area contributed by atoms with Gasteiger partial charge in [-0.15, -0.1) is 0 Å². The summed E-state index contributed by atoms with van der Waals surface area (Å²) in [6.45, 7) is 0.0566. The maximum atomic E-state index is 9.29. The number of fused-ring (bicyclic) bond motifs is 3. The molecule has 0 aromatic heterocycles. The minimum absolute atomic E-state index is 0.0566. The van der Waals surface area contributed by atoms with Crippen molar-refractivity contribution in [3.05, 3.63) is 23.3 Å². The largest absolute Gasteiger partial charge is 0.493 e. The van der Waals surface area contributed by atoms with E-state index in [-0.39, 0.29) is 6.61 Å². The Morgan fingerprint density at radius 3 is 2.94 bits per heavy atom. The molecule has 2 aliphatic rings. The summed E-state index contributed by atoms with van der Waals surface area (Å²) in [7, 11) is 1.65. The first kappa shape index (κ1) is 10.9. The third-order valence-corrected chi connectivity index (χ3v) is 3.92. The number of ether oxygens (including phenoxy) is 2. The average molecular weight is 234 g/mol. The summed E-state index contributed by atoms with van der Waals surface area (Å²) in [5, 5.41) is 9.29. The first-order valence-electron chi connectivity index (χ1n) is 6.32. The van der Waals surface area contributed by atoms with E-state index in [0.717, 1.165) is 23.5 Å². The van der Waals surface area contributed by atoms with E-state index in [9.17, 15) is 5.11 Å². The summed E-state index contributed by atoms with van der Waals surface area (Å²) < 4.78 is 11.4. The average Bonchev–Trinajstić information content (AvgIpc) is 2.76. The molecule has 3 nitrogen and oxygen atoms in total. The van der Waals surface area contributed by atoms with Crippen molar-refractivity contribution in [3.8, 4) is 11.5 Å². The highest BCUT2D eigenvalue weighted by Crippen LogP contribution is 2.49. The van der Waals surface area contributed by atoms with Crippen LogP contribution in [0.4, 0.5) is 0 Å². The fraction of sp³-hybridized carbons (Fsp3) is 0.571. The quantitative estimate of drug-likeness (QED) is 0.854. The Bertz CT molecular complexity index is 428. The standard InChI is InChI=1S/C14H18O3/c1-16-13-7-9(8-15)6-11-10-4-2-3-5-12(10)17-14(11)13/h6-7,10,12,15H,2-5,8H2,1H3/t10-,12-/m1/s1. The molecule has 0 saturated heterocycles. The van der Waals surface area contributed by atoms with E-state index in [2.05, 4.69) is 6.07 Å². The molecule has 1 heterocycles. The Kier molecular flexibility index (Phi) is 2.71. The van der Waals surface area contributed by atoms with E-state index in [1.165, 1.54) is 24.8 Å². The van der Waals surface area contributed by atoms with Crippen molar-refractivity contribution in [2.24, 2.45) is 0 Å². The second-order valence-electron chi connectivity index (χ2n) is 4.92. The van der Waals surface area contributed by atoms with E-state index >= 15 is 0 Å². The summed E-state index contributed by atoms with van der Waals surface area (Å²) in [6.07, 6.45) is 5.17. The highest BCUT2D eigenvalue weighted by atomic mass is 16.5. The monoisotopic (exact) mass is 234 g/mol. The van der Waals surface area contributed by atoms with Crippen molar-refractivity contribution in [1.82, 2.24) is 0 Å². The van der Waals surface area contributed by atoms with Gasteiger partial charge in [0.1, 0.15) is 6.10 Å². The van der Waals surface area contributed by atoms with Gasteiger partial charge in [-0.25, -0.2) is 0 Å². The van der Waals surface area contributed by atoms with E-state index in [4.69, 9.17) is 9.47 Å². The Balaban J connectivity index is 2.05. The maximum Gasteiger partial charge on any atom is 0.165 e. The van der Waals surface area contributed by atoms with Crippen LogP contribution in [0.25, 0.3) is 0 Å². The number of aliphatic hydroxyl groups excluding tert-OH is 1. The first-order chi connectivity index (χ1) is 8.33. The van der Waals surface area contributed by atoms with Gasteiger partial charge in [-0.3, -0.25) is 0 Å². The lowest BCUT2D eigenvalue weighted by atomic mass is 9.83. The van der Waals surface area contributed by atoms with Crippen molar-refractivity contribution in [2.75, 3.05) is 7.11 Å². The Hall–Kier alpha value is -1.22. The van der Waals surface area contributed by atoms with Gasteiger partial charge in [0.2, 0.25) is 0 Å². The van der Waals surface area contributed by atoms with E-state index in [1.807, 2.05) is 6.07 Å². The van der Waals surface area contributed by atoms with Gasteiger partial charge in [-0.2, -0.15) is 0 Å². The van der Waals surface area contributed by atoms with Gasteiger partial charge >= 0.3 is 0 Å². The van der Waals surface area contributed by atoms with Crippen molar-refractivity contribution in [2.45, 2.75) is 44.3 Å². The minimum atomic E-state index is 0.0566. The van der Waals surface area contributed by atoms with E-state index in [0.29, 0.717) is 12.0 Å². The van der Waals surface area contributed by atoms with Gasteiger partial charge in [0.15, 0.2) is 11.5 Å². The van der Waals surface area contributed by atoms with Crippen LogP contribution >= 0.6 is 0 Å². The summed E-state index contributed by atoms with van der Waals surface area (Å²) >= 11 is 0. The predicted octanol–water partition coefficient (Wildman–Crippen LogP) is 2.61. The highest BCUT2D eigenvalue weighted by molar-refractivity contribution is 5.54. The lowest BCUT2D eigenvalue weighted by Gasteiger charge is -2.23. The molecule has 2 atom stereocenters. The molecule has 1 aromatic carbocycles.